The molecule has 1 aliphatic carbocycles. The van der Waals surface area contributed by atoms with E-state index in [1.807, 2.05) is 0 Å². The van der Waals surface area contributed by atoms with E-state index in [2.05, 4.69) is 50.4 Å². The average Bonchev–Trinajstić information content (AvgIpc) is 3.28. The van der Waals surface area contributed by atoms with Gasteiger partial charge in [0.05, 0.1) is 6.10 Å². The molecule has 0 amide bonds. The first-order chi connectivity index (χ1) is 9.72. The van der Waals surface area contributed by atoms with Crippen LogP contribution in [-0.2, 0) is 0 Å². The summed E-state index contributed by atoms with van der Waals surface area (Å²) in [6.07, 6.45) is 6.55. The fraction of sp³-hybridized carbons (Fsp3) is 0.667. The maximum absolute atomic E-state index is 5.82. The van der Waals surface area contributed by atoms with Crippen molar-refractivity contribution in [3.63, 3.8) is 0 Å². The molecule has 0 heterocycles. The number of hydrogen-bond donors (Lipinski definition) is 1. The Morgan fingerprint density at radius 1 is 1.20 bits per heavy atom. The molecule has 20 heavy (non-hydrogen) atoms. The van der Waals surface area contributed by atoms with E-state index in [0.717, 1.165) is 18.2 Å². The Bertz CT molecular complexity index is 383. The zero-order valence-electron chi connectivity index (χ0n) is 13.2. The molecule has 112 valence electrons. The molecule has 2 nitrogen and oxygen atoms in total. The lowest BCUT2D eigenvalue weighted by Gasteiger charge is -2.22. The van der Waals surface area contributed by atoms with Crippen LogP contribution in [0.2, 0.25) is 0 Å². The molecule has 2 atom stereocenters. The molecular formula is C18H29NO. The summed E-state index contributed by atoms with van der Waals surface area (Å²) in [6.45, 7) is 7.92. The van der Waals surface area contributed by atoms with Crippen molar-refractivity contribution in [3.05, 3.63) is 29.8 Å². The van der Waals surface area contributed by atoms with Gasteiger partial charge in [-0.05, 0) is 55.8 Å². The number of hydrogen-bond acceptors (Lipinski definition) is 2. The molecule has 0 spiro atoms. The first-order valence-electron chi connectivity index (χ1n) is 8.22. The summed E-state index contributed by atoms with van der Waals surface area (Å²) >= 11 is 0. The van der Waals surface area contributed by atoms with Crippen LogP contribution in [0.5, 0.6) is 5.75 Å². The summed E-state index contributed by atoms with van der Waals surface area (Å²) in [4.78, 5) is 0. The molecule has 1 saturated carbocycles. The van der Waals surface area contributed by atoms with Gasteiger partial charge in [0.1, 0.15) is 5.75 Å². The highest BCUT2D eigenvalue weighted by Gasteiger charge is 2.23. The molecular weight excluding hydrogens is 246 g/mol. The van der Waals surface area contributed by atoms with E-state index >= 15 is 0 Å². The summed E-state index contributed by atoms with van der Waals surface area (Å²) in [5, 5.41) is 3.68. The monoisotopic (exact) mass is 275 g/mol. The van der Waals surface area contributed by atoms with Crippen molar-refractivity contribution in [2.24, 2.45) is 5.92 Å². The van der Waals surface area contributed by atoms with Crippen LogP contribution in [0.3, 0.4) is 0 Å². The lowest BCUT2D eigenvalue weighted by atomic mass is 9.94. The highest BCUT2D eigenvalue weighted by atomic mass is 16.5. The molecule has 1 aliphatic rings. The van der Waals surface area contributed by atoms with E-state index < -0.39 is 0 Å². The molecule has 0 radical (unpaired) electrons. The van der Waals surface area contributed by atoms with Crippen LogP contribution < -0.4 is 10.1 Å². The molecule has 0 saturated heterocycles. The van der Waals surface area contributed by atoms with Gasteiger partial charge in [-0.15, -0.1) is 0 Å². The second-order valence-corrected chi connectivity index (χ2v) is 6.14. The van der Waals surface area contributed by atoms with Crippen molar-refractivity contribution in [1.29, 1.82) is 0 Å². The van der Waals surface area contributed by atoms with E-state index in [1.54, 1.807) is 0 Å². The molecule has 2 unspecified atom stereocenters. The summed E-state index contributed by atoms with van der Waals surface area (Å²) in [5.41, 5.74) is 1.39. The Kier molecular flexibility index (Phi) is 5.90. The molecule has 1 aromatic rings. The van der Waals surface area contributed by atoms with Crippen molar-refractivity contribution < 1.29 is 4.74 Å². The third kappa shape index (κ3) is 4.82. The van der Waals surface area contributed by atoms with E-state index in [4.69, 9.17) is 4.74 Å². The topological polar surface area (TPSA) is 21.3 Å². The quantitative estimate of drug-likeness (QED) is 0.705. The van der Waals surface area contributed by atoms with Gasteiger partial charge in [0.2, 0.25) is 0 Å². The molecule has 1 N–H and O–H groups in total. The molecule has 1 aromatic carbocycles. The normalized spacial score (nSPS) is 17.8. The van der Waals surface area contributed by atoms with Crippen LogP contribution in [0, 0.1) is 5.92 Å². The van der Waals surface area contributed by atoms with Gasteiger partial charge < -0.3 is 10.1 Å². The van der Waals surface area contributed by atoms with Gasteiger partial charge in [-0.25, -0.2) is 0 Å². The Balaban J connectivity index is 1.97. The third-order valence-electron chi connectivity index (χ3n) is 4.09. The highest BCUT2D eigenvalue weighted by Crippen LogP contribution is 2.29. The Morgan fingerprint density at radius 3 is 2.45 bits per heavy atom. The zero-order valence-corrected chi connectivity index (χ0v) is 13.2. The Labute approximate surface area is 123 Å². The number of benzene rings is 1. The summed E-state index contributed by atoms with van der Waals surface area (Å²) in [6, 6.07) is 9.19. The van der Waals surface area contributed by atoms with Crippen molar-refractivity contribution >= 4 is 0 Å². The molecule has 2 heteroatoms. The first kappa shape index (κ1) is 15.4. The van der Waals surface area contributed by atoms with E-state index in [-0.39, 0.29) is 0 Å². The Hall–Kier alpha value is -1.02. The molecule has 0 bridgehead atoms. The standard InChI is InChI=1S/C18H29NO/c1-4-12-19-18(13-14(3)5-2)15-6-8-16(9-7-15)20-17-10-11-17/h6-9,14,17-19H,4-5,10-13H2,1-3H3. The third-order valence-corrected chi connectivity index (χ3v) is 4.09. The van der Waals surface area contributed by atoms with Crippen LogP contribution in [-0.4, -0.2) is 12.6 Å². The summed E-state index contributed by atoms with van der Waals surface area (Å²) < 4.78 is 5.82. The SMILES string of the molecule is CCCNC(CC(C)CC)c1ccc(OC2CC2)cc1. The van der Waals surface area contributed by atoms with E-state index in [9.17, 15) is 0 Å². The molecule has 1 fully saturated rings. The minimum Gasteiger partial charge on any atom is -0.490 e. The molecule has 0 aromatic heterocycles. The minimum atomic E-state index is 0.472. The van der Waals surface area contributed by atoms with Gasteiger partial charge in [-0.3, -0.25) is 0 Å². The fourth-order valence-corrected chi connectivity index (χ4v) is 2.38. The molecule has 0 aliphatic heterocycles. The predicted octanol–water partition coefficient (Wildman–Crippen LogP) is 4.70. The minimum absolute atomic E-state index is 0.472. The smallest absolute Gasteiger partial charge is 0.119 e. The van der Waals surface area contributed by atoms with Crippen LogP contribution in [0.25, 0.3) is 0 Å². The lowest BCUT2D eigenvalue weighted by Crippen LogP contribution is -2.24. The van der Waals surface area contributed by atoms with Gasteiger partial charge in [-0.2, -0.15) is 0 Å². The second kappa shape index (κ2) is 7.68. The Morgan fingerprint density at radius 2 is 1.90 bits per heavy atom. The molecule has 2 rings (SSSR count). The lowest BCUT2D eigenvalue weighted by molar-refractivity contribution is 0.303. The van der Waals surface area contributed by atoms with Crippen molar-refractivity contribution in [2.45, 2.75) is 65.0 Å². The van der Waals surface area contributed by atoms with Crippen LogP contribution >= 0.6 is 0 Å². The van der Waals surface area contributed by atoms with Gasteiger partial charge in [-0.1, -0.05) is 39.3 Å². The summed E-state index contributed by atoms with van der Waals surface area (Å²) in [7, 11) is 0. The maximum Gasteiger partial charge on any atom is 0.119 e. The van der Waals surface area contributed by atoms with Crippen molar-refractivity contribution in [2.75, 3.05) is 6.54 Å². The number of rotatable bonds is 9. The number of nitrogens with one attached hydrogen (secondary N) is 1. The fourth-order valence-electron chi connectivity index (χ4n) is 2.38. The van der Waals surface area contributed by atoms with Crippen molar-refractivity contribution in [1.82, 2.24) is 5.32 Å². The van der Waals surface area contributed by atoms with Crippen LogP contribution in [0.1, 0.15) is 64.5 Å². The van der Waals surface area contributed by atoms with E-state index in [0.29, 0.717) is 12.1 Å². The van der Waals surface area contributed by atoms with Crippen molar-refractivity contribution in [3.8, 4) is 5.75 Å². The average molecular weight is 275 g/mol. The predicted molar refractivity (Wildman–Crippen MR) is 85.2 cm³/mol. The largest absolute Gasteiger partial charge is 0.490 e. The van der Waals surface area contributed by atoms with Crippen LogP contribution in [0.4, 0.5) is 0 Å². The number of ether oxygens (including phenoxy) is 1. The first-order valence-corrected chi connectivity index (χ1v) is 8.22. The van der Waals surface area contributed by atoms with Crippen LogP contribution in [0.15, 0.2) is 24.3 Å². The van der Waals surface area contributed by atoms with Gasteiger partial charge in [0, 0.05) is 6.04 Å². The zero-order chi connectivity index (χ0) is 14.4. The second-order valence-electron chi connectivity index (χ2n) is 6.14. The maximum atomic E-state index is 5.82. The summed E-state index contributed by atoms with van der Waals surface area (Å²) in [5.74, 6) is 1.78. The van der Waals surface area contributed by atoms with Gasteiger partial charge in [0.15, 0.2) is 0 Å². The highest BCUT2D eigenvalue weighted by molar-refractivity contribution is 5.29. The van der Waals surface area contributed by atoms with Gasteiger partial charge >= 0.3 is 0 Å². The van der Waals surface area contributed by atoms with Gasteiger partial charge in [0.25, 0.3) is 0 Å². The van der Waals surface area contributed by atoms with E-state index in [1.165, 1.54) is 37.7 Å².